The number of hydrogen-bond acceptors (Lipinski definition) is 3. The van der Waals surface area contributed by atoms with E-state index in [4.69, 9.17) is 9.84 Å². The molecule has 1 aromatic rings. The van der Waals surface area contributed by atoms with Crippen LogP contribution in [0.15, 0.2) is 24.3 Å². The summed E-state index contributed by atoms with van der Waals surface area (Å²) in [6.07, 6.45) is 0.706. The van der Waals surface area contributed by atoms with Crippen molar-refractivity contribution in [2.75, 3.05) is 26.3 Å². The van der Waals surface area contributed by atoms with E-state index in [1.165, 1.54) is 0 Å². The number of ether oxygens (including phenoxy) is 1. The number of para-hydroxylation sites is 1. The Hall–Kier alpha value is -1.55. The largest absolute Gasteiger partial charge is 0.493 e. The zero-order valence-corrected chi connectivity index (χ0v) is 10.6. The zero-order chi connectivity index (χ0) is 13.0. The van der Waals surface area contributed by atoms with Crippen LogP contribution in [0.25, 0.3) is 0 Å². The molecule has 2 rings (SSSR count). The summed E-state index contributed by atoms with van der Waals surface area (Å²) < 4.78 is 5.56. The molecule has 1 aromatic carbocycles. The summed E-state index contributed by atoms with van der Waals surface area (Å²) in [6, 6.07) is 7.69. The summed E-state index contributed by atoms with van der Waals surface area (Å²) in [4.78, 5) is 14.1. The number of likely N-dealkylation sites (N-methyl/N-ethyl adjacent to an activating group) is 1. The van der Waals surface area contributed by atoms with E-state index in [1.807, 2.05) is 31.2 Å². The maximum absolute atomic E-state index is 12.4. The molecule has 0 spiro atoms. The third kappa shape index (κ3) is 2.48. The lowest BCUT2D eigenvalue weighted by Gasteiger charge is -2.29. The number of hydrogen-bond donors (Lipinski definition) is 1. The van der Waals surface area contributed by atoms with Crippen molar-refractivity contribution in [3.63, 3.8) is 0 Å². The number of aliphatic hydroxyl groups excluding tert-OH is 1. The van der Waals surface area contributed by atoms with Gasteiger partial charge in [-0.25, -0.2) is 0 Å². The van der Waals surface area contributed by atoms with Gasteiger partial charge in [0.1, 0.15) is 5.75 Å². The second-order valence-corrected chi connectivity index (χ2v) is 4.37. The standard InChI is InChI=1S/C14H19NO3/c1-2-15(8-9-16)14(17)12-7-10-18-13-6-4-3-5-11(12)13/h3-6,12,16H,2,7-10H2,1H3. The van der Waals surface area contributed by atoms with Gasteiger partial charge in [-0.15, -0.1) is 0 Å². The monoisotopic (exact) mass is 249 g/mol. The molecule has 4 heteroatoms. The quantitative estimate of drug-likeness (QED) is 0.877. The highest BCUT2D eigenvalue weighted by Crippen LogP contribution is 2.34. The number of nitrogens with zero attached hydrogens (tertiary/aromatic N) is 1. The van der Waals surface area contributed by atoms with Crippen LogP contribution in [0.2, 0.25) is 0 Å². The fourth-order valence-electron chi connectivity index (χ4n) is 2.36. The SMILES string of the molecule is CCN(CCO)C(=O)C1CCOc2ccccc21. The molecule has 0 saturated carbocycles. The number of amides is 1. The van der Waals surface area contributed by atoms with Gasteiger partial charge < -0.3 is 14.7 Å². The number of benzene rings is 1. The summed E-state index contributed by atoms with van der Waals surface area (Å²) >= 11 is 0. The van der Waals surface area contributed by atoms with Gasteiger partial charge in [-0.2, -0.15) is 0 Å². The Morgan fingerprint density at radius 2 is 2.28 bits per heavy atom. The fraction of sp³-hybridized carbons (Fsp3) is 0.500. The molecule has 1 unspecified atom stereocenters. The lowest BCUT2D eigenvalue weighted by Crippen LogP contribution is -2.38. The van der Waals surface area contributed by atoms with Crippen LogP contribution in [0.3, 0.4) is 0 Å². The molecule has 4 nitrogen and oxygen atoms in total. The molecule has 1 aliphatic heterocycles. The van der Waals surface area contributed by atoms with Crippen LogP contribution in [-0.2, 0) is 4.79 Å². The highest BCUT2D eigenvalue weighted by molar-refractivity contribution is 5.84. The van der Waals surface area contributed by atoms with E-state index < -0.39 is 0 Å². The Bertz CT molecular complexity index is 419. The van der Waals surface area contributed by atoms with Crippen LogP contribution in [-0.4, -0.2) is 42.2 Å². The van der Waals surface area contributed by atoms with E-state index >= 15 is 0 Å². The van der Waals surface area contributed by atoms with Crippen LogP contribution in [0.4, 0.5) is 0 Å². The van der Waals surface area contributed by atoms with Gasteiger partial charge >= 0.3 is 0 Å². The lowest BCUT2D eigenvalue weighted by atomic mass is 9.92. The second-order valence-electron chi connectivity index (χ2n) is 4.37. The first-order chi connectivity index (χ1) is 8.77. The topological polar surface area (TPSA) is 49.8 Å². The highest BCUT2D eigenvalue weighted by Gasteiger charge is 2.29. The molecule has 1 amide bonds. The molecule has 0 bridgehead atoms. The van der Waals surface area contributed by atoms with Crippen molar-refractivity contribution in [2.45, 2.75) is 19.3 Å². The summed E-state index contributed by atoms with van der Waals surface area (Å²) in [7, 11) is 0. The van der Waals surface area contributed by atoms with Gasteiger partial charge in [-0.05, 0) is 19.4 Å². The number of carbonyl (C=O) groups excluding carboxylic acids is 1. The van der Waals surface area contributed by atoms with Crippen LogP contribution in [0.5, 0.6) is 5.75 Å². The molecule has 98 valence electrons. The minimum Gasteiger partial charge on any atom is -0.493 e. The molecule has 18 heavy (non-hydrogen) atoms. The van der Waals surface area contributed by atoms with E-state index in [9.17, 15) is 4.79 Å². The fourth-order valence-corrected chi connectivity index (χ4v) is 2.36. The number of aliphatic hydroxyl groups is 1. The van der Waals surface area contributed by atoms with E-state index in [1.54, 1.807) is 4.90 Å². The van der Waals surface area contributed by atoms with E-state index in [0.717, 1.165) is 11.3 Å². The Morgan fingerprint density at radius 3 is 3.00 bits per heavy atom. The van der Waals surface area contributed by atoms with Crippen LogP contribution in [0, 0.1) is 0 Å². The van der Waals surface area contributed by atoms with E-state index in [-0.39, 0.29) is 18.4 Å². The Morgan fingerprint density at radius 1 is 1.50 bits per heavy atom. The number of rotatable bonds is 4. The summed E-state index contributed by atoms with van der Waals surface area (Å²) in [5, 5.41) is 8.99. The van der Waals surface area contributed by atoms with Crippen molar-refractivity contribution in [3.05, 3.63) is 29.8 Å². The average molecular weight is 249 g/mol. The predicted molar refractivity (Wildman–Crippen MR) is 68.6 cm³/mol. The summed E-state index contributed by atoms with van der Waals surface area (Å²) in [6.45, 7) is 3.53. The van der Waals surface area contributed by atoms with Crippen molar-refractivity contribution in [1.29, 1.82) is 0 Å². The van der Waals surface area contributed by atoms with E-state index in [2.05, 4.69) is 0 Å². The smallest absolute Gasteiger partial charge is 0.230 e. The van der Waals surface area contributed by atoms with Crippen molar-refractivity contribution in [2.24, 2.45) is 0 Å². The van der Waals surface area contributed by atoms with Gasteiger partial charge in [-0.1, -0.05) is 18.2 Å². The molecule has 1 aliphatic rings. The van der Waals surface area contributed by atoms with Gasteiger partial charge in [0.15, 0.2) is 0 Å². The number of fused-ring (bicyclic) bond motifs is 1. The second kappa shape index (κ2) is 5.87. The molecule has 0 aromatic heterocycles. The molecular weight excluding hydrogens is 230 g/mol. The zero-order valence-electron chi connectivity index (χ0n) is 10.6. The van der Waals surface area contributed by atoms with Gasteiger partial charge in [0.05, 0.1) is 19.1 Å². The van der Waals surface area contributed by atoms with Gasteiger partial charge in [0, 0.05) is 18.7 Å². The molecule has 0 aliphatic carbocycles. The first kappa shape index (κ1) is 12.9. The number of carbonyl (C=O) groups is 1. The first-order valence-corrected chi connectivity index (χ1v) is 6.39. The van der Waals surface area contributed by atoms with Crippen molar-refractivity contribution in [1.82, 2.24) is 4.90 Å². The maximum Gasteiger partial charge on any atom is 0.230 e. The van der Waals surface area contributed by atoms with Crippen LogP contribution >= 0.6 is 0 Å². The molecule has 0 fully saturated rings. The average Bonchev–Trinajstić information content (AvgIpc) is 2.43. The van der Waals surface area contributed by atoms with Gasteiger partial charge in [0.25, 0.3) is 0 Å². The third-order valence-electron chi connectivity index (χ3n) is 3.32. The van der Waals surface area contributed by atoms with E-state index in [0.29, 0.717) is 26.1 Å². The minimum absolute atomic E-state index is 0.00441. The molecule has 1 heterocycles. The Balaban J connectivity index is 2.21. The molecular formula is C14H19NO3. The normalized spacial score (nSPS) is 17.8. The summed E-state index contributed by atoms with van der Waals surface area (Å²) in [5.74, 6) is 0.755. The van der Waals surface area contributed by atoms with Gasteiger partial charge in [0.2, 0.25) is 5.91 Å². The molecule has 0 saturated heterocycles. The highest BCUT2D eigenvalue weighted by atomic mass is 16.5. The van der Waals surface area contributed by atoms with Gasteiger partial charge in [-0.3, -0.25) is 4.79 Å². The van der Waals surface area contributed by atoms with Crippen LogP contribution in [0.1, 0.15) is 24.8 Å². The molecule has 1 atom stereocenters. The summed E-state index contributed by atoms with van der Waals surface area (Å²) in [5.41, 5.74) is 0.963. The third-order valence-corrected chi connectivity index (χ3v) is 3.32. The Kier molecular flexibility index (Phi) is 4.20. The molecule has 0 radical (unpaired) electrons. The van der Waals surface area contributed by atoms with Crippen LogP contribution < -0.4 is 4.74 Å². The first-order valence-electron chi connectivity index (χ1n) is 6.39. The Labute approximate surface area is 107 Å². The molecule has 1 N–H and O–H groups in total. The lowest BCUT2D eigenvalue weighted by molar-refractivity contribution is -0.133. The predicted octanol–water partition coefficient (Wildman–Crippen LogP) is 1.39. The minimum atomic E-state index is -0.138. The maximum atomic E-state index is 12.4. The van der Waals surface area contributed by atoms with Crippen molar-refractivity contribution < 1.29 is 14.6 Å². The van der Waals surface area contributed by atoms with Crippen molar-refractivity contribution >= 4 is 5.91 Å². The van der Waals surface area contributed by atoms with Crippen molar-refractivity contribution in [3.8, 4) is 5.75 Å².